The van der Waals surface area contributed by atoms with Crippen LogP contribution in [0.5, 0.6) is 5.75 Å². The van der Waals surface area contributed by atoms with E-state index in [9.17, 15) is 4.79 Å². The molecule has 2 amide bonds. The van der Waals surface area contributed by atoms with E-state index in [1.54, 1.807) is 0 Å². The van der Waals surface area contributed by atoms with E-state index in [0.717, 1.165) is 45.0 Å². The quantitative estimate of drug-likeness (QED) is 0.850. The van der Waals surface area contributed by atoms with Gasteiger partial charge in [-0.1, -0.05) is 18.2 Å². The van der Waals surface area contributed by atoms with Crippen molar-refractivity contribution in [1.29, 1.82) is 0 Å². The predicted molar refractivity (Wildman–Crippen MR) is 87.8 cm³/mol. The minimum absolute atomic E-state index is 0.0210. The van der Waals surface area contributed by atoms with Gasteiger partial charge < -0.3 is 20.1 Å². The third kappa shape index (κ3) is 4.59. The van der Waals surface area contributed by atoms with Gasteiger partial charge in [0.05, 0.1) is 19.8 Å². The number of hydrogen-bond acceptors (Lipinski definition) is 4. The number of benzene rings is 1. The van der Waals surface area contributed by atoms with Gasteiger partial charge in [0.25, 0.3) is 0 Å². The lowest BCUT2D eigenvalue weighted by molar-refractivity contribution is 0.0349. The minimum atomic E-state index is -0.134. The zero-order valence-electron chi connectivity index (χ0n) is 13.6. The van der Waals surface area contributed by atoms with Gasteiger partial charge in [-0.15, -0.1) is 0 Å². The Kier molecular flexibility index (Phi) is 5.35. The topological polar surface area (TPSA) is 62.8 Å². The van der Waals surface area contributed by atoms with E-state index in [-0.39, 0.29) is 18.2 Å². The highest BCUT2D eigenvalue weighted by atomic mass is 16.5. The maximum absolute atomic E-state index is 12.0. The molecule has 0 bridgehead atoms. The molecule has 2 aliphatic rings. The van der Waals surface area contributed by atoms with Crippen LogP contribution in [0.15, 0.2) is 24.3 Å². The highest BCUT2D eigenvalue weighted by molar-refractivity contribution is 5.74. The molecular formula is C17H25N3O3. The first-order chi connectivity index (χ1) is 11.2. The maximum atomic E-state index is 12.0. The smallest absolute Gasteiger partial charge is 0.315 e. The van der Waals surface area contributed by atoms with Crippen molar-refractivity contribution in [3.8, 4) is 5.75 Å². The van der Waals surface area contributed by atoms with Crippen molar-refractivity contribution in [2.24, 2.45) is 0 Å². The largest absolute Gasteiger partial charge is 0.488 e. The summed E-state index contributed by atoms with van der Waals surface area (Å²) in [5, 5.41) is 5.89. The Morgan fingerprint density at radius 3 is 2.91 bits per heavy atom. The molecule has 2 heterocycles. The zero-order chi connectivity index (χ0) is 16.1. The summed E-state index contributed by atoms with van der Waals surface area (Å²) in [6.45, 7) is 6.81. The van der Waals surface area contributed by atoms with Gasteiger partial charge in [0, 0.05) is 32.1 Å². The number of morpholine rings is 1. The molecule has 0 saturated carbocycles. The molecule has 2 unspecified atom stereocenters. The van der Waals surface area contributed by atoms with Crippen LogP contribution in [-0.4, -0.2) is 62.5 Å². The summed E-state index contributed by atoms with van der Waals surface area (Å²) in [6.07, 6.45) is 0.868. The summed E-state index contributed by atoms with van der Waals surface area (Å²) in [4.78, 5) is 14.3. The molecule has 1 aromatic rings. The first kappa shape index (κ1) is 16.1. The van der Waals surface area contributed by atoms with Crippen LogP contribution in [0.1, 0.15) is 12.5 Å². The Hall–Kier alpha value is -1.79. The van der Waals surface area contributed by atoms with E-state index in [1.165, 1.54) is 5.56 Å². The van der Waals surface area contributed by atoms with Crippen LogP contribution in [0.3, 0.4) is 0 Å². The molecule has 0 spiro atoms. The zero-order valence-corrected chi connectivity index (χ0v) is 13.6. The predicted octanol–water partition coefficient (Wildman–Crippen LogP) is 1.01. The second-order valence-corrected chi connectivity index (χ2v) is 6.22. The molecule has 23 heavy (non-hydrogen) atoms. The van der Waals surface area contributed by atoms with Crippen LogP contribution in [0.4, 0.5) is 4.79 Å². The van der Waals surface area contributed by atoms with E-state index in [2.05, 4.69) is 21.6 Å². The molecule has 3 rings (SSSR count). The van der Waals surface area contributed by atoms with Crippen LogP contribution in [-0.2, 0) is 11.2 Å². The molecule has 2 N–H and O–H groups in total. The molecule has 0 aromatic heterocycles. The number of hydrogen-bond donors (Lipinski definition) is 2. The van der Waals surface area contributed by atoms with Crippen molar-refractivity contribution < 1.29 is 14.3 Å². The second-order valence-electron chi connectivity index (χ2n) is 6.22. The summed E-state index contributed by atoms with van der Waals surface area (Å²) in [5.41, 5.74) is 1.21. The number of nitrogens with zero attached hydrogens (tertiary/aromatic N) is 1. The summed E-state index contributed by atoms with van der Waals surface area (Å²) in [6, 6.07) is 7.99. The number of ether oxygens (including phenoxy) is 2. The monoisotopic (exact) mass is 319 g/mol. The molecule has 6 heteroatoms. The number of nitrogens with one attached hydrogen (secondary N) is 2. The van der Waals surface area contributed by atoms with Crippen LogP contribution >= 0.6 is 0 Å². The summed E-state index contributed by atoms with van der Waals surface area (Å²) >= 11 is 0. The van der Waals surface area contributed by atoms with Gasteiger partial charge in [0.1, 0.15) is 11.9 Å². The Morgan fingerprint density at radius 1 is 1.35 bits per heavy atom. The third-order valence-corrected chi connectivity index (χ3v) is 4.22. The molecular weight excluding hydrogens is 294 g/mol. The number of amides is 2. The van der Waals surface area contributed by atoms with Crippen molar-refractivity contribution in [1.82, 2.24) is 15.5 Å². The fourth-order valence-electron chi connectivity index (χ4n) is 3.07. The minimum Gasteiger partial charge on any atom is -0.488 e. The van der Waals surface area contributed by atoms with Crippen molar-refractivity contribution in [2.75, 3.05) is 39.4 Å². The average molecular weight is 319 g/mol. The average Bonchev–Trinajstić information content (AvgIpc) is 2.96. The van der Waals surface area contributed by atoms with Crippen LogP contribution in [0.2, 0.25) is 0 Å². The lowest BCUT2D eigenvalue weighted by atomic mass is 10.1. The highest BCUT2D eigenvalue weighted by Crippen LogP contribution is 2.27. The first-order valence-corrected chi connectivity index (χ1v) is 8.30. The highest BCUT2D eigenvalue weighted by Gasteiger charge is 2.23. The number of fused-ring (bicyclic) bond motifs is 1. The Bertz CT molecular complexity index is 507. The molecule has 6 nitrogen and oxygen atoms in total. The summed E-state index contributed by atoms with van der Waals surface area (Å²) in [7, 11) is 0. The van der Waals surface area contributed by atoms with Crippen LogP contribution in [0.25, 0.3) is 0 Å². The Labute approximate surface area is 137 Å². The normalized spacial score (nSPS) is 22.0. The number of urea groups is 1. The number of carbonyl (C=O) groups is 1. The van der Waals surface area contributed by atoms with Gasteiger partial charge >= 0.3 is 6.03 Å². The fourth-order valence-corrected chi connectivity index (χ4v) is 3.07. The number of rotatable bonds is 5. The number of carbonyl (C=O) groups excluding carboxylic acids is 1. The number of para-hydroxylation sites is 1. The molecule has 2 atom stereocenters. The molecule has 1 fully saturated rings. The summed E-state index contributed by atoms with van der Waals surface area (Å²) in [5.74, 6) is 0.931. The van der Waals surface area contributed by atoms with Crippen molar-refractivity contribution in [3.05, 3.63) is 29.8 Å². The van der Waals surface area contributed by atoms with Crippen molar-refractivity contribution in [3.63, 3.8) is 0 Å². The third-order valence-electron chi connectivity index (χ3n) is 4.22. The van der Waals surface area contributed by atoms with E-state index >= 15 is 0 Å². The van der Waals surface area contributed by atoms with Crippen LogP contribution < -0.4 is 15.4 Å². The Morgan fingerprint density at radius 2 is 2.13 bits per heavy atom. The molecule has 1 saturated heterocycles. The van der Waals surface area contributed by atoms with Gasteiger partial charge in [-0.3, -0.25) is 4.90 Å². The van der Waals surface area contributed by atoms with Gasteiger partial charge in [-0.25, -0.2) is 4.79 Å². The summed E-state index contributed by atoms with van der Waals surface area (Å²) < 4.78 is 11.1. The molecule has 126 valence electrons. The standard InChI is InChI=1S/C17H25N3O3/c1-13(12-20-6-8-22-9-7-20)19-17(21)18-11-15-10-14-4-2-3-5-16(14)23-15/h2-5,13,15H,6-12H2,1H3,(H2,18,19,21). The van der Waals surface area contributed by atoms with Gasteiger partial charge in [-0.2, -0.15) is 0 Å². The second kappa shape index (κ2) is 7.66. The lowest BCUT2D eigenvalue weighted by Crippen LogP contribution is -2.49. The molecule has 0 aliphatic carbocycles. The van der Waals surface area contributed by atoms with Gasteiger partial charge in [0.2, 0.25) is 0 Å². The fraction of sp³-hybridized carbons (Fsp3) is 0.588. The van der Waals surface area contributed by atoms with E-state index in [0.29, 0.717) is 6.54 Å². The molecule has 2 aliphatic heterocycles. The van der Waals surface area contributed by atoms with Gasteiger partial charge in [0.15, 0.2) is 0 Å². The maximum Gasteiger partial charge on any atom is 0.315 e. The van der Waals surface area contributed by atoms with Crippen molar-refractivity contribution in [2.45, 2.75) is 25.5 Å². The van der Waals surface area contributed by atoms with Crippen LogP contribution in [0, 0.1) is 0 Å². The molecule has 1 aromatic carbocycles. The first-order valence-electron chi connectivity index (χ1n) is 8.30. The Balaban J connectivity index is 1.35. The van der Waals surface area contributed by atoms with Crippen molar-refractivity contribution >= 4 is 6.03 Å². The van der Waals surface area contributed by atoms with E-state index < -0.39 is 0 Å². The SMILES string of the molecule is CC(CN1CCOCC1)NC(=O)NCC1Cc2ccccc2O1. The van der Waals surface area contributed by atoms with Gasteiger partial charge in [-0.05, 0) is 18.6 Å². The van der Waals surface area contributed by atoms with E-state index in [1.807, 2.05) is 25.1 Å². The van der Waals surface area contributed by atoms with E-state index in [4.69, 9.17) is 9.47 Å². The molecule has 0 radical (unpaired) electrons. The lowest BCUT2D eigenvalue weighted by Gasteiger charge is -2.29.